The number of carbonyl (C=O) groups excluding carboxylic acids is 2. The van der Waals surface area contributed by atoms with Crippen molar-refractivity contribution in [1.82, 2.24) is 20.0 Å². The highest BCUT2D eigenvalue weighted by Gasteiger charge is 2.26. The fourth-order valence-corrected chi connectivity index (χ4v) is 6.20. The van der Waals surface area contributed by atoms with E-state index in [4.69, 9.17) is 4.74 Å². The average Bonchev–Trinajstić information content (AvgIpc) is 3.42. The summed E-state index contributed by atoms with van der Waals surface area (Å²) in [5.74, 6) is -1.38. The Bertz CT molecular complexity index is 1670. The molecular weight excluding hydrogens is 578 g/mol. The first-order valence-corrected chi connectivity index (χ1v) is 15.4. The topological polar surface area (TPSA) is 103 Å². The summed E-state index contributed by atoms with van der Waals surface area (Å²) in [6.45, 7) is 3.15. The van der Waals surface area contributed by atoms with Crippen LogP contribution in [0.1, 0.15) is 57.5 Å². The SMILES string of the molecule is CN1CCC(N(C)C(=O)c2ccc(C(=O)Nc3n[nH]c4ccc(Cc5cc(F)cc(F)c5)cc34)c(NC3CCOCC3)c2)CC1. The Labute approximate surface area is 260 Å². The van der Waals surface area contributed by atoms with Crippen LogP contribution in [0.25, 0.3) is 10.9 Å². The molecule has 2 amide bonds. The van der Waals surface area contributed by atoms with Crippen LogP contribution in [0.4, 0.5) is 20.3 Å². The lowest BCUT2D eigenvalue weighted by Crippen LogP contribution is -2.44. The first-order chi connectivity index (χ1) is 21.7. The molecule has 0 bridgehead atoms. The third kappa shape index (κ3) is 7.15. The fraction of sp³-hybridized carbons (Fsp3) is 0.382. The third-order valence-electron chi connectivity index (χ3n) is 8.84. The predicted molar refractivity (Wildman–Crippen MR) is 170 cm³/mol. The Morgan fingerprint density at radius 1 is 0.978 bits per heavy atom. The molecule has 2 aliphatic rings. The number of ether oxygens (including phenoxy) is 1. The van der Waals surface area contributed by atoms with Crippen LogP contribution < -0.4 is 10.6 Å². The van der Waals surface area contributed by atoms with Crippen LogP contribution >= 0.6 is 0 Å². The largest absolute Gasteiger partial charge is 0.381 e. The summed E-state index contributed by atoms with van der Waals surface area (Å²) < 4.78 is 33.0. The molecule has 0 radical (unpaired) electrons. The number of carbonyl (C=O) groups is 2. The molecule has 1 aromatic heterocycles. The number of rotatable bonds is 8. The van der Waals surface area contributed by atoms with E-state index < -0.39 is 11.6 Å². The number of amides is 2. The van der Waals surface area contributed by atoms with Gasteiger partial charge in [-0.3, -0.25) is 14.7 Å². The van der Waals surface area contributed by atoms with E-state index in [1.807, 2.05) is 30.1 Å². The highest BCUT2D eigenvalue weighted by atomic mass is 19.1. The number of anilines is 2. The van der Waals surface area contributed by atoms with Gasteiger partial charge in [0.15, 0.2) is 5.82 Å². The number of nitrogens with zero attached hydrogens (tertiary/aromatic N) is 3. The molecule has 11 heteroatoms. The summed E-state index contributed by atoms with van der Waals surface area (Å²) in [5.41, 5.74) is 3.51. The number of piperidine rings is 1. The lowest BCUT2D eigenvalue weighted by Gasteiger charge is -2.35. The van der Waals surface area contributed by atoms with Crippen molar-refractivity contribution in [3.05, 3.63) is 88.5 Å². The molecule has 2 aliphatic heterocycles. The average molecular weight is 617 g/mol. The first kappa shape index (κ1) is 30.7. The molecule has 0 spiro atoms. The molecule has 0 unspecified atom stereocenters. The summed E-state index contributed by atoms with van der Waals surface area (Å²) in [6, 6.07) is 14.4. The van der Waals surface area contributed by atoms with Gasteiger partial charge in [0, 0.05) is 55.0 Å². The number of halogens is 2. The molecule has 0 atom stereocenters. The van der Waals surface area contributed by atoms with Crippen LogP contribution in [0.3, 0.4) is 0 Å². The van der Waals surface area contributed by atoms with E-state index in [1.165, 1.54) is 12.1 Å². The van der Waals surface area contributed by atoms with Gasteiger partial charge in [0.25, 0.3) is 11.8 Å². The minimum Gasteiger partial charge on any atom is -0.381 e. The molecule has 2 fully saturated rings. The fourth-order valence-electron chi connectivity index (χ4n) is 6.20. The molecule has 3 N–H and O–H groups in total. The number of aromatic nitrogens is 2. The molecule has 0 saturated carbocycles. The Hall–Kier alpha value is -4.35. The maximum absolute atomic E-state index is 13.8. The van der Waals surface area contributed by atoms with Gasteiger partial charge in [-0.15, -0.1) is 0 Å². The lowest BCUT2D eigenvalue weighted by molar-refractivity contribution is 0.0659. The van der Waals surface area contributed by atoms with Crippen LogP contribution in [-0.4, -0.2) is 84.3 Å². The van der Waals surface area contributed by atoms with Gasteiger partial charge in [-0.2, -0.15) is 5.10 Å². The van der Waals surface area contributed by atoms with Crippen LogP contribution in [-0.2, 0) is 11.2 Å². The van der Waals surface area contributed by atoms with Crippen molar-refractivity contribution in [3.8, 4) is 0 Å². The normalized spacial score (nSPS) is 16.5. The van der Waals surface area contributed by atoms with Crippen LogP contribution in [0, 0.1) is 11.6 Å². The monoisotopic (exact) mass is 616 g/mol. The van der Waals surface area contributed by atoms with Crippen molar-refractivity contribution in [3.63, 3.8) is 0 Å². The molecule has 4 aromatic rings. The quantitative estimate of drug-likeness (QED) is 0.244. The number of benzene rings is 3. The van der Waals surface area contributed by atoms with Crippen LogP contribution in [0.5, 0.6) is 0 Å². The van der Waals surface area contributed by atoms with E-state index in [1.54, 1.807) is 18.2 Å². The van der Waals surface area contributed by atoms with E-state index in [2.05, 4.69) is 32.8 Å². The van der Waals surface area contributed by atoms with Gasteiger partial charge in [0.2, 0.25) is 0 Å². The van der Waals surface area contributed by atoms with Crippen molar-refractivity contribution in [1.29, 1.82) is 0 Å². The second-order valence-corrected chi connectivity index (χ2v) is 12.1. The molecule has 3 aromatic carbocycles. The number of fused-ring (bicyclic) bond motifs is 1. The zero-order valence-corrected chi connectivity index (χ0v) is 25.5. The maximum Gasteiger partial charge on any atom is 0.258 e. The zero-order valence-electron chi connectivity index (χ0n) is 25.5. The van der Waals surface area contributed by atoms with E-state index >= 15 is 0 Å². The minimum absolute atomic E-state index is 0.0736. The summed E-state index contributed by atoms with van der Waals surface area (Å²) in [4.78, 5) is 31.4. The number of hydrogen-bond acceptors (Lipinski definition) is 6. The highest BCUT2D eigenvalue weighted by Crippen LogP contribution is 2.28. The lowest BCUT2D eigenvalue weighted by atomic mass is 10.0. The number of hydrogen-bond donors (Lipinski definition) is 3. The summed E-state index contributed by atoms with van der Waals surface area (Å²) in [6.07, 6.45) is 3.73. The van der Waals surface area contributed by atoms with E-state index in [-0.39, 0.29) is 23.9 Å². The highest BCUT2D eigenvalue weighted by molar-refractivity contribution is 6.11. The summed E-state index contributed by atoms with van der Waals surface area (Å²) in [7, 11) is 3.95. The molecule has 9 nitrogen and oxygen atoms in total. The predicted octanol–water partition coefficient (Wildman–Crippen LogP) is 5.44. The summed E-state index contributed by atoms with van der Waals surface area (Å²) in [5, 5.41) is 14.4. The van der Waals surface area contributed by atoms with Gasteiger partial charge in [-0.1, -0.05) is 6.07 Å². The first-order valence-electron chi connectivity index (χ1n) is 15.4. The van der Waals surface area contributed by atoms with Crippen molar-refractivity contribution in [2.45, 2.75) is 44.2 Å². The van der Waals surface area contributed by atoms with Gasteiger partial charge in [-0.25, -0.2) is 8.78 Å². The van der Waals surface area contributed by atoms with Crippen LogP contribution in [0.2, 0.25) is 0 Å². The Morgan fingerprint density at radius 2 is 1.71 bits per heavy atom. The van der Waals surface area contributed by atoms with Gasteiger partial charge >= 0.3 is 0 Å². The Kier molecular flexibility index (Phi) is 9.09. The van der Waals surface area contributed by atoms with E-state index in [9.17, 15) is 18.4 Å². The van der Waals surface area contributed by atoms with Crippen molar-refractivity contribution in [2.24, 2.45) is 0 Å². The van der Waals surface area contributed by atoms with Crippen LogP contribution in [0.15, 0.2) is 54.6 Å². The summed E-state index contributed by atoms with van der Waals surface area (Å²) >= 11 is 0. The second-order valence-electron chi connectivity index (χ2n) is 12.1. The number of nitrogens with one attached hydrogen (secondary N) is 3. The van der Waals surface area contributed by atoms with Crippen molar-refractivity contribution >= 4 is 34.2 Å². The molecule has 236 valence electrons. The molecule has 45 heavy (non-hydrogen) atoms. The van der Waals surface area contributed by atoms with Gasteiger partial charge in [0.1, 0.15) is 11.6 Å². The van der Waals surface area contributed by atoms with Gasteiger partial charge in [-0.05, 0) is 106 Å². The van der Waals surface area contributed by atoms with Gasteiger partial charge < -0.3 is 25.2 Å². The van der Waals surface area contributed by atoms with Gasteiger partial charge in [0.05, 0.1) is 11.1 Å². The molecule has 3 heterocycles. The number of H-pyrrole nitrogens is 1. The molecule has 0 aliphatic carbocycles. The number of likely N-dealkylation sites (tertiary alicyclic amines) is 1. The minimum atomic E-state index is -0.631. The smallest absolute Gasteiger partial charge is 0.258 e. The van der Waals surface area contributed by atoms with Crippen molar-refractivity contribution in [2.75, 3.05) is 51.0 Å². The Morgan fingerprint density at radius 3 is 2.44 bits per heavy atom. The standard InChI is InChI=1S/C34H38F2N6O3/c1-41-11-7-27(8-12-41)42(2)34(44)23-4-5-28(31(19-23)37-26-9-13-45-14-10-26)33(43)38-32-29-18-21(3-6-30(29)39-40-32)15-22-16-24(35)20-25(36)17-22/h3-6,16-20,26-27,37H,7-15H2,1-2H3,(H2,38,39,40,43). The Balaban J connectivity index is 1.25. The second kappa shape index (κ2) is 13.3. The van der Waals surface area contributed by atoms with E-state index in [0.717, 1.165) is 50.4 Å². The number of aromatic amines is 1. The third-order valence-corrected chi connectivity index (χ3v) is 8.84. The maximum atomic E-state index is 13.8. The molecular formula is C34H38F2N6O3. The molecule has 2 saturated heterocycles. The van der Waals surface area contributed by atoms with Crippen molar-refractivity contribution < 1.29 is 23.1 Å². The van der Waals surface area contributed by atoms with E-state index in [0.29, 0.717) is 58.7 Å². The molecule has 6 rings (SSSR count). The zero-order chi connectivity index (χ0) is 31.5.